The van der Waals surface area contributed by atoms with E-state index in [0.29, 0.717) is 23.0 Å². The summed E-state index contributed by atoms with van der Waals surface area (Å²) in [7, 11) is 0.877. The van der Waals surface area contributed by atoms with Crippen LogP contribution < -0.4 is 5.32 Å². The fourth-order valence-electron chi connectivity index (χ4n) is 7.04. The Morgan fingerprint density at radius 1 is 1.05 bits per heavy atom. The Hall–Kier alpha value is -0.353. The topological polar surface area (TPSA) is 38.3 Å². The highest BCUT2D eigenvalue weighted by Crippen LogP contribution is 2.64. The molecule has 2 unspecified atom stereocenters. The molecule has 1 heterocycles. The zero-order valence-corrected chi connectivity index (χ0v) is 16.4. The first-order valence-electron chi connectivity index (χ1n) is 9.31. The molecule has 3 nitrogen and oxygen atoms in total. The molecule has 3 aliphatic carbocycles. The minimum Gasteiger partial charge on any atom is -0.424 e. The number of carbonyl (C=O) groups is 1. The van der Waals surface area contributed by atoms with Crippen molar-refractivity contribution in [1.29, 1.82) is 0 Å². The van der Waals surface area contributed by atoms with Crippen LogP contribution in [0.4, 0.5) is 0 Å². The molecule has 7 atom stereocenters. The molecule has 0 spiro atoms. The first-order valence-corrected chi connectivity index (χ1v) is 10.1. The number of piperidine rings is 1. The summed E-state index contributed by atoms with van der Waals surface area (Å²) in [5, 5.41) is 3.32. The fourth-order valence-corrected chi connectivity index (χ4v) is 7.82. The van der Waals surface area contributed by atoms with Gasteiger partial charge in [-0.1, -0.05) is 13.8 Å². The number of rotatable bonds is 1. The lowest BCUT2D eigenvalue weighted by Gasteiger charge is -2.60. The molecule has 0 bridgehead atoms. The smallest absolute Gasteiger partial charge is 0.220 e. The van der Waals surface area contributed by atoms with Crippen LogP contribution in [0.1, 0.15) is 65.2 Å². The molecule has 0 aromatic heterocycles. The lowest BCUT2D eigenvalue weighted by atomic mass is 9.47. The van der Waals surface area contributed by atoms with Gasteiger partial charge in [-0.05, 0) is 73.5 Å². The Morgan fingerprint density at radius 3 is 2.59 bits per heavy atom. The summed E-state index contributed by atoms with van der Waals surface area (Å²) in [5.74, 6) is 2.84. The van der Waals surface area contributed by atoms with E-state index in [2.05, 4.69) is 19.2 Å². The molecule has 124 valence electrons. The molecule has 0 aromatic carbocycles. The van der Waals surface area contributed by atoms with Crippen molar-refractivity contribution in [2.75, 3.05) is 0 Å². The van der Waals surface area contributed by atoms with Crippen molar-refractivity contribution in [3.05, 3.63) is 0 Å². The first-order chi connectivity index (χ1) is 10.5. The van der Waals surface area contributed by atoms with Crippen LogP contribution in [-0.2, 0) is 9.22 Å². The molecule has 0 aromatic rings. The highest BCUT2D eigenvalue weighted by atomic mass is 28.2. The molecule has 0 radical (unpaired) electrons. The van der Waals surface area contributed by atoms with Gasteiger partial charge in [0.15, 0.2) is 0 Å². The third kappa shape index (κ3) is 1.92. The number of hydrogen-bond acceptors (Lipinski definition) is 2. The van der Waals surface area contributed by atoms with Gasteiger partial charge in [0.2, 0.25) is 5.91 Å². The highest BCUT2D eigenvalue weighted by Gasteiger charge is 2.60. The molecule has 1 amide bonds. The van der Waals surface area contributed by atoms with E-state index in [-0.39, 0.29) is 5.91 Å². The van der Waals surface area contributed by atoms with Gasteiger partial charge in [-0.3, -0.25) is 4.79 Å². The van der Waals surface area contributed by atoms with Crippen molar-refractivity contribution >= 4 is 16.4 Å². The largest absolute Gasteiger partial charge is 0.424 e. The van der Waals surface area contributed by atoms with Crippen molar-refractivity contribution in [3.8, 4) is 0 Å². The second-order valence-electron chi connectivity index (χ2n) is 8.93. The minimum absolute atomic E-state index is 0.284. The average Bonchev–Trinajstić information content (AvgIpc) is 2.84. The molecule has 1 saturated heterocycles. The summed E-state index contributed by atoms with van der Waals surface area (Å²) in [4.78, 5) is 11.8. The van der Waals surface area contributed by atoms with Crippen molar-refractivity contribution in [1.82, 2.24) is 5.32 Å². The quantitative estimate of drug-likeness (QED) is 0.752. The van der Waals surface area contributed by atoms with Gasteiger partial charge in [0.05, 0.1) is 0 Å². The van der Waals surface area contributed by atoms with Crippen LogP contribution in [0.25, 0.3) is 0 Å². The van der Waals surface area contributed by atoms with E-state index in [4.69, 9.17) is 4.43 Å². The number of carbonyl (C=O) groups excluding carboxylic acids is 1. The second-order valence-corrected chi connectivity index (χ2v) is 9.40. The van der Waals surface area contributed by atoms with E-state index in [1.165, 1.54) is 38.5 Å². The van der Waals surface area contributed by atoms with Gasteiger partial charge >= 0.3 is 0 Å². The molecule has 1 aliphatic heterocycles. The summed E-state index contributed by atoms with van der Waals surface area (Å²) in [5.41, 5.74) is 0.780. The van der Waals surface area contributed by atoms with Gasteiger partial charge in [-0.15, -0.1) is 0 Å². The Morgan fingerprint density at radius 2 is 1.82 bits per heavy atom. The predicted octanol–water partition coefficient (Wildman–Crippen LogP) is 2.17. The van der Waals surface area contributed by atoms with Gasteiger partial charge < -0.3 is 9.74 Å². The van der Waals surface area contributed by atoms with Gasteiger partial charge in [-0.2, -0.15) is 0 Å². The standard InChI is InChI=1S/C18H31NO2Si/c1-17-10-8-16(20)19-14(17)5-3-11-12-4-6-15(21-22)18(12,2)9-7-13(11)17/h11-15H,3-10H2,1-2,22H3,(H,19,20)/t11-,12-,13+,14?,15?,17+,18-/m0/s1. The molecule has 4 fully saturated rings. The van der Waals surface area contributed by atoms with Crippen LogP contribution in [0.3, 0.4) is 0 Å². The maximum absolute atomic E-state index is 11.8. The van der Waals surface area contributed by atoms with Gasteiger partial charge in [0.1, 0.15) is 10.5 Å². The third-order valence-corrected chi connectivity index (χ3v) is 8.86. The normalized spacial score (nSPS) is 54.3. The lowest BCUT2D eigenvalue weighted by molar-refractivity contribution is -0.137. The summed E-state index contributed by atoms with van der Waals surface area (Å²) in [6.45, 7) is 4.99. The van der Waals surface area contributed by atoms with Crippen LogP contribution in [0.2, 0.25) is 0 Å². The first kappa shape index (κ1) is 15.2. The van der Waals surface area contributed by atoms with Crippen LogP contribution in [0.15, 0.2) is 0 Å². The van der Waals surface area contributed by atoms with E-state index < -0.39 is 0 Å². The number of hydrogen-bond donors (Lipinski definition) is 1. The number of amides is 1. The number of nitrogens with one attached hydrogen (secondary N) is 1. The molecule has 1 N–H and O–H groups in total. The summed E-state index contributed by atoms with van der Waals surface area (Å²) < 4.78 is 5.99. The second kappa shape index (κ2) is 5.07. The Balaban J connectivity index is 1.62. The van der Waals surface area contributed by atoms with Crippen LogP contribution >= 0.6 is 0 Å². The van der Waals surface area contributed by atoms with Crippen molar-refractivity contribution < 1.29 is 9.22 Å². The maximum Gasteiger partial charge on any atom is 0.220 e. The summed E-state index contributed by atoms with van der Waals surface area (Å²) in [6, 6.07) is 0.436. The molecule has 3 saturated carbocycles. The van der Waals surface area contributed by atoms with E-state index in [9.17, 15) is 4.79 Å². The van der Waals surface area contributed by atoms with Gasteiger partial charge in [-0.25, -0.2) is 0 Å². The minimum atomic E-state index is 0.284. The van der Waals surface area contributed by atoms with Crippen LogP contribution in [0, 0.1) is 28.6 Å². The lowest BCUT2D eigenvalue weighted by Crippen LogP contribution is -2.61. The van der Waals surface area contributed by atoms with Crippen LogP contribution in [0.5, 0.6) is 0 Å². The summed E-state index contributed by atoms with van der Waals surface area (Å²) >= 11 is 0. The Kier molecular flexibility index (Phi) is 3.50. The zero-order chi connectivity index (χ0) is 15.5. The molecule has 4 aliphatic rings. The van der Waals surface area contributed by atoms with Crippen molar-refractivity contribution in [2.24, 2.45) is 28.6 Å². The van der Waals surface area contributed by atoms with Crippen molar-refractivity contribution in [2.45, 2.75) is 77.4 Å². The zero-order valence-electron chi connectivity index (χ0n) is 14.4. The SMILES string of the molecule is C[C@]12CCC(=O)NC1CC[C@@H]1[C@H]2CC[C@]2(C)C(O[SiH3])CC[C@@H]12. The summed E-state index contributed by atoms with van der Waals surface area (Å²) in [6.07, 6.45) is 10.2. The Bertz CT molecular complexity index is 484. The van der Waals surface area contributed by atoms with Crippen LogP contribution in [-0.4, -0.2) is 28.5 Å². The molecular formula is C18H31NO2Si. The molecular weight excluding hydrogens is 290 g/mol. The average molecular weight is 322 g/mol. The van der Waals surface area contributed by atoms with E-state index >= 15 is 0 Å². The molecule has 22 heavy (non-hydrogen) atoms. The third-order valence-electron chi connectivity index (χ3n) is 8.29. The van der Waals surface area contributed by atoms with E-state index in [1.54, 1.807) is 0 Å². The maximum atomic E-state index is 11.8. The molecule has 4 heteroatoms. The van der Waals surface area contributed by atoms with E-state index in [0.717, 1.165) is 41.1 Å². The van der Waals surface area contributed by atoms with Gasteiger partial charge in [0.25, 0.3) is 0 Å². The number of fused-ring (bicyclic) bond motifs is 5. The van der Waals surface area contributed by atoms with Gasteiger partial charge in [0, 0.05) is 18.6 Å². The molecule has 4 rings (SSSR count). The Labute approximate surface area is 137 Å². The highest BCUT2D eigenvalue weighted by molar-refractivity contribution is 5.98. The monoisotopic (exact) mass is 321 g/mol. The fraction of sp³-hybridized carbons (Fsp3) is 0.944. The van der Waals surface area contributed by atoms with E-state index in [1.807, 2.05) is 0 Å². The van der Waals surface area contributed by atoms with Crippen molar-refractivity contribution in [3.63, 3.8) is 0 Å². The predicted molar refractivity (Wildman–Crippen MR) is 90.4 cm³/mol.